The average Bonchev–Trinajstić information content (AvgIpc) is 2.16. The average molecular weight is 192 g/mol. The first-order valence-corrected chi connectivity index (χ1v) is 4.96. The summed E-state index contributed by atoms with van der Waals surface area (Å²) >= 11 is 0. The van der Waals surface area contributed by atoms with Crippen LogP contribution in [0.1, 0.15) is 5.56 Å². The minimum atomic E-state index is -0.855. The van der Waals surface area contributed by atoms with Crippen molar-refractivity contribution in [3.63, 3.8) is 0 Å². The predicted molar refractivity (Wildman–Crippen MR) is 55.8 cm³/mol. The molecule has 0 bridgehead atoms. The van der Waals surface area contributed by atoms with Crippen LogP contribution in [0, 0.1) is 5.92 Å². The van der Waals surface area contributed by atoms with Gasteiger partial charge in [0.15, 0.2) is 0 Å². The largest absolute Gasteiger partial charge is 0.383 e. The van der Waals surface area contributed by atoms with Gasteiger partial charge in [-0.25, -0.2) is 0 Å². The first-order chi connectivity index (χ1) is 6.77. The van der Waals surface area contributed by atoms with Crippen LogP contribution in [0.25, 0.3) is 0 Å². The molecule has 1 aromatic carbocycles. The number of nitrogens with two attached hydrogens (primary N) is 1. The lowest BCUT2D eigenvalue weighted by atomic mass is 9.78. The normalized spacial score (nSPS) is 21.3. The molecular formula is C11H16N2O. The minimum Gasteiger partial charge on any atom is -0.383 e. The van der Waals surface area contributed by atoms with E-state index in [2.05, 4.69) is 5.32 Å². The van der Waals surface area contributed by atoms with Gasteiger partial charge in [-0.15, -0.1) is 0 Å². The third kappa shape index (κ3) is 1.43. The van der Waals surface area contributed by atoms with E-state index in [1.165, 1.54) is 0 Å². The summed E-state index contributed by atoms with van der Waals surface area (Å²) in [7, 11) is 0. The van der Waals surface area contributed by atoms with E-state index in [0.29, 0.717) is 0 Å². The Bertz CT molecular complexity index is 297. The summed E-state index contributed by atoms with van der Waals surface area (Å²) < 4.78 is 0. The van der Waals surface area contributed by atoms with Crippen LogP contribution in [0.15, 0.2) is 30.3 Å². The molecule has 0 aliphatic carbocycles. The number of aliphatic hydroxyl groups is 1. The van der Waals surface area contributed by atoms with E-state index in [9.17, 15) is 5.11 Å². The molecule has 0 aromatic heterocycles. The van der Waals surface area contributed by atoms with E-state index < -0.39 is 5.60 Å². The van der Waals surface area contributed by atoms with Gasteiger partial charge in [0.05, 0.1) is 0 Å². The van der Waals surface area contributed by atoms with Gasteiger partial charge in [0.25, 0.3) is 0 Å². The van der Waals surface area contributed by atoms with E-state index >= 15 is 0 Å². The molecule has 3 heteroatoms. The molecule has 1 saturated heterocycles. The van der Waals surface area contributed by atoms with Gasteiger partial charge in [-0.3, -0.25) is 0 Å². The summed E-state index contributed by atoms with van der Waals surface area (Å²) in [5.41, 5.74) is 5.74. The van der Waals surface area contributed by atoms with E-state index in [-0.39, 0.29) is 12.5 Å². The standard InChI is InChI=1S/C11H16N2O/c12-8-11(14,10-6-13-7-10)9-4-2-1-3-5-9/h1-5,10,13-14H,6-8,12H2. The van der Waals surface area contributed by atoms with Crippen molar-refractivity contribution in [1.82, 2.24) is 5.32 Å². The van der Waals surface area contributed by atoms with Crippen molar-refractivity contribution in [3.8, 4) is 0 Å². The zero-order chi connectivity index (χ0) is 10.0. The number of rotatable bonds is 3. The first-order valence-electron chi connectivity index (χ1n) is 4.96. The Balaban J connectivity index is 2.27. The van der Waals surface area contributed by atoms with Gasteiger partial charge in [0, 0.05) is 25.6 Å². The van der Waals surface area contributed by atoms with Crippen molar-refractivity contribution >= 4 is 0 Å². The van der Waals surface area contributed by atoms with Crippen LogP contribution < -0.4 is 11.1 Å². The molecule has 0 radical (unpaired) electrons. The van der Waals surface area contributed by atoms with Crippen molar-refractivity contribution in [2.24, 2.45) is 11.7 Å². The quantitative estimate of drug-likeness (QED) is 0.634. The summed E-state index contributed by atoms with van der Waals surface area (Å²) in [6.07, 6.45) is 0. The molecule has 0 saturated carbocycles. The lowest BCUT2D eigenvalue weighted by Crippen LogP contribution is -2.57. The molecule has 1 aliphatic rings. The number of nitrogens with one attached hydrogen (secondary N) is 1. The van der Waals surface area contributed by atoms with Crippen molar-refractivity contribution in [2.45, 2.75) is 5.60 Å². The summed E-state index contributed by atoms with van der Waals surface area (Å²) in [6, 6.07) is 9.68. The van der Waals surface area contributed by atoms with E-state index in [1.807, 2.05) is 30.3 Å². The van der Waals surface area contributed by atoms with Gasteiger partial charge in [0.2, 0.25) is 0 Å². The van der Waals surface area contributed by atoms with Crippen molar-refractivity contribution in [3.05, 3.63) is 35.9 Å². The van der Waals surface area contributed by atoms with Crippen molar-refractivity contribution in [2.75, 3.05) is 19.6 Å². The summed E-state index contributed by atoms with van der Waals surface area (Å²) in [5, 5.41) is 13.6. The zero-order valence-corrected chi connectivity index (χ0v) is 8.11. The maximum Gasteiger partial charge on any atom is 0.107 e. The minimum absolute atomic E-state index is 0.245. The molecule has 1 heterocycles. The Hall–Kier alpha value is -0.900. The Morgan fingerprint density at radius 3 is 2.43 bits per heavy atom. The topological polar surface area (TPSA) is 58.3 Å². The van der Waals surface area contributed by atoms with Crippen LogP contribution in [0.2, 0.25) is 0 Å². The van der Waals surface area contributed by atoms with Crippen LogP contribution in [-0.4, -0.2) is 24.7 Å². The molecule has 76 valence electrons. The van der Waals surface area contributed by atoms with Crippen LogP contribution in [0.5, 0.6) is 0 Å². The zero-order valence-electron chi connectivity index (χ0n) is 8.11. The number of benzene rings is 1. The molecule has 2 rings (SSSR count). The maximum absolute atomic E-state index is 10.4. The highest BCUT2D eigenvalue weighted by Gasteiger charge is 2.40. The number of hydrogen-bond donors (Lipinski definition) is 3. The smallest absolute Gasteiger partial charge is 0.107 e. The summed E-state index contributed by atoms with van der Waals surface area (Å²) in [4.78, 5) is 0. The first kappa shape index (κ1) is 9.65. The van der Waals surface area contributed by atoms with Gasteiger partial charge in [-0.1, -0.05) is 30.3 Å². The highest BCUT2D eigenvalue weighted by Crippen LogP contribution is 2.30. The van der Waals surface area contributed by atoms with E-state index in [1.54, 1.807) is 0 Å². The number of hydrogen-bond acceptors (Lipinski definition) is 3. The van der Waals surface area contributed by atoms with Crippen molar-refractivity contribution in [1.29, 1.82) is 0 Å². The second-order valence-electron chi connectivity index (χ2n) is 3.85. The third-order valence-electron chi connectivity index (χ3n) is 3.04. The van der Waals surface area contributed by atoms with Gasteiger partial charge >= 0.3 is 0 Å². The molecule has 1 aliphatic heterocycles. The Kier molecular flexibility index (Phi) is 2.54. The van der Waals surface area contributed by atoms with Crippen LogP contribution in [-0.2, 0) is 5.60 Å². The fourth-order valence-corrected chi connectivity index (χ4v) is 1.87. The van der Waals surface area contributed by atoms with Gasteiger partial charge in [0.1, 0.15) is 5.60 Å². The Morgan fingerprint density at radius 2 is 2.00 bits per heavy atom. The molecule has 3 nitrogen and oxygen atoms in total. The molecule has 1 fully saturated rings. The lowest BCUT2D eigenvalue weighted by molar-refractivity contribution is -0.0367. The molecule has 1 unspecified atom stereocenters. The molecule has 14 heavy (non-hydrogen) atoms. The van der Waals surface area contributed by atoms with Gasteiger partial charge in [-0.05, 0) is 5.56 Å². The molecule has 1 aromatic rings. The fourth-order valence-electron chi connectivity index (χ4n) is 1.87. The third-order valence-corrected chi connectivity index (χ3v) is 3.04. The molecule has 1 atom stereocenters. The van der Waals surface area contributed by atoms with Crippen molar-refractivity contribution < 1.29 is 5.11 Å². The van der Waals surface area contributed by atoms with Crippen LogP contribution in [0.4, 0.5) is 0 Å². The Labute approximate surface area is 83.9 Å². The second-order valence-corrected chi connectivity index (χ2v) is 3.85. The van der Waals surface area contributed by atoms with Crippen LogP contribution in [0.3, 0.4) is 0 Å². The monoisotopic (exact) mass is 192 g/mol. The lowest BCUT2D eigenvalue weighted by Gasteiger charge is -2.41. The van der Waals surface area contributed by atoms with Crippen LogP contribution >= 0.6 is 0 Å². The summed E-state index contributed by atoms with van der Waals surface area (Å²) in [5.74, 6) is 0.245. The predicted octanol–water partition coefficient (Wildman–Crippen LogP) is 0.0523. The highest BCUT2D eigenvalue weighted by molar-refractivity contribution is 5.24. The molecule has 4 N–H and O–H groups in total. The van der Waals surface area contributed by atoms with Gasteiger partial charge < -0.3 is 16.2 Å². The molecule has 0 spiro atoms. The molecule has 0 amide bonds. The summed E-state index contributed by atoms with van der Waals surface area (Å²) in [6.45, 7) is 1.98. The molecular weight excluding hydrogens is 176 g/mol. The second kappa shape index (κ2) is 3.69. The maximum atomic E-state index is 10.4. The fraction of sp³-hybridized carbons (Fsp3) is 0.455. The Morgan fingerprint density at radius 1 is 1.36 bits per heavy atom. The van der Waals surface area contributed by atoms with Gasteiger partial charge in [-0.2, -0.15) is 0 Å². The SMILES string of the molecule is NCC(O)(c1ccccc1)C1CNC1. The van der Waals surface area contributed by atoms with E-state index in [4.69, 9.17) is 5.73 Å². The van der Waals surface area contributed by atoms with E-state index in [0.717, 1.165) is 18.7 Å². The highest BCUT2D eigenvalue weighted by atomic mass is 16.3.